The van der Waals surface area contributed by atoms with Crippen molar-refractivity contribution < 1.29 is 19.3 Å². The molecule has 0 heterocycles. The lowest BCUT2D eigenvalue weighted by atomic mass is 10.2. The fourth-order valence-corrected chi connectivity index (χ4v) is 5.07. The van der Waals surface area contributed by atoms with Crippen LogP contribution in [0.5, 0.6) is 0 Å². The second kappa shape index (κ2) is 15.9. The first-order valence-electron chi connectivity index (χ1n) is 14.0. The van der Waals surface area contributed by atoms with Crippen molar-refractivity contribution in [1.29, 1.82) is 0 Å². The van der Waals surface area contributed by atoms with Gasteiger partial charge in [-0.15, -0.1) is 0 Å². The average Bonchev–Trinajstić information content (AvgIpc) is 2.99. The molecule has 0 radical (unpaired) electrons. The molecule has 0 spiro atoms. The second-order valence-electron chi connectivity index (χ2n) is 9.99. The molecule has 0 aliphatic carbocycles. The van der Waals surface area contributed by atoms with Gasteiger partial charge in [-0.3, -0.25) is 30.3 Å². The smallest absolute Gasteiger partial charge is 0.292 e. The van der Waals surface area contributed by atoms with Gasteiger partial charge in [0.1, 0.15) is 17.1 Å². The standard InChI is InChI=1S/C29H38N7O6/c1-2-36(21-9-18-30-24-12-3-6-15-27(24)33(37)38,22-10-19-31-25-13-4-7-16-28(25)34(39)40)23-11-20-32-26-14-5-8-17-29(26)35(41)42/h3-8,12-17,30-32H,2,9-11,18-23H2,1H3/q+1. The Balaban J connectivity index is 1.61. The highest BCUT2D eigenvalue weighted by Crippen LogP contribution is 2.25. The van der Waals surface area contributed by atoms with Crippen LogP contribution < -0.4 is 16.0 Å². The van der Waals surface area contributed by atoms with Crippen LogP contribution in [0.3, 0.4) is 0 Å². The predicted octanol–water partition coefficient (Wildman–Crippen LogP) is 6.05. The van der Waals surface area contributed by atoms with E-state index in [2.05, 4.69) is 22.9 Å². The Labute approximate surface area is 244 Å². The minimum Gasteiger partial charge on any atom is -0.379 e. The molecule has 3 N–H and O–H groups in total. The summed E-state index contributed by atoms with van der Waals surface area (Å²) in [6, 6.07) is 19.7. The summed E-state index contributed by atoms with van der Waals surface area (Å²) in [5.41, 5.74) is 1.57. The maximum Gasteiger partial charge on any atom is 0.292 e. The van der Waals surface area contributed by atoms with Gasteiger partial charge in [-0.2, -0.15) is 0 Å². The van der Waals surface area contributed by atoms with E-state index in [0.29, 0.717) is 36.7 Å². The molecule has 3 rings (SSSR count). The molecule has 0 fully saturated rings. The van der Waals surface area contributed by atoms with Crippen LogP contribution in [0.4, 0.5) is 34.1 Å². The van der Waals surface area contributed by atoms with Crippen molar-refractivity contribution in [3.8, 4) is 0 Å². The van der Waals surface area contributed by atoms with Gasteiger partial charge in [-0.25, -0.2) is 0 Å². The number of nitrogens with zero attached hydrogens (tertiary/aromatic N) is 4. The van der Waals surface area contributed by atoms with Crippen molar-refractivity contribution in [3.05, 3.63) is 103 Å². The number of hydrogen-bond donors (Lipinski definition) is 3. The number of nitro groups is 3. The molecule has 0 aromatic heterocycles. The Morgan fingerprint density at radius 3 is 1.10 bits per heavy atom. The van der Waals surface area contributed by atoms with Crippen LogP contribution in [0.15, 0.2) is 72.8 Å². The van der Waals surface area contributed by atoms with Crippen molar-refractivity contribution in [1.82, 2.24) is 0 Å². The van der Waals surface area contributed by atoms with Gasteiger partial charge in [0, 0.05) is 57.1 Å². The molecule has 0 saturated heterocycles. The summed E-state index contributed by atoms with van der Waals surface area (Å²) in [4.78, 5) is 32.9. The van der Waals surface area contributed by atoms with Gasteiger partial charge >= 0.3 is 0 Å². The van der Waals surface area contributed by atoms with Crippen molar-refractivity contribution in [2.45, 2.75) is 26.2 Å². The van der Waals surface area contributed by atoms with E-state index < -0.39 is 14.8 Å². The van der Waals surface area contributed by atoms with Crippen LogP contribution in [0.1, 0.15) is 26.2 Å². The first-order valence-corrected chi connectivity index (χ1v) is 14.0. The molecule has 0 bridgehead atoms. The Kier molecular flexibility index (Phi) is 12.0. The monoisotopic (exact) mass is 580 g/mol. The van der Waals surface area contributed by atoms with Crippen molar-refractivity contribution >= 4 is 34.1 Å². The quantitative estimate of drug-likeness (QED) is 0.0661. The molecule has 0 amide bonds. The second-order valence-corrected chi connectivity index (χ2v) is 9.99. The van der Waals surface area contributed by atoms with Gasteiger partial charge in [0.05, 0.1) is 40.9 Å². The topological polar surface area (TPSA) is 166 Å². The van der Waals surface area contributed by atoms with Crippen LogP contribution in [-0.2, 0) is 0 Å². The molecule has 3 aromatic carbocycles. The lowest BCUT2D eigenvalue weighted by Gasteiger charge is -2.38. The van der Waals surface area contributed by atoms with E-state index in [-0.39, 0.29) is 17.1 Å². The number of nitrogens with one attached hydrogen (secondary N) is 3. The molecule has 13 heteroatoms. The number of benzene rings is 3. The van der Waals surface area contributed by atoms with Crippen molar-refractivity contribution in [3.63, 3.8) is 0 Å². The fourth-order valence-electron chi connectivity index (χ4n) is 5.07. The molecular formula is C29H38N7O6+. The highest BCUT2D eigenvalue weighted by Gasteiger charge is 2.25. The Morgan fingerprint density at radius 1 is 0.548 bits per heavy atom. The summed E-state index contributed by atoms with van der Waals surface area (Å²) in [5, 5.41) is 43.6. The molecule has 224 valence electrons. The van der Waals surface area contributed by atoms with Gasteiger partial charge < -0.3 is 20.4 Å². The molecule has 0 saturated carbocycles. The number of nitro benzene ring substituents is 3. The minimum atomic E-state index is -0.400. The number of anilines is 3. The third-order valence-electron chi connectivity index (χ3n) is 7.35. The zero-order valence-corrected chi connectivity index (χ0v) is 23.7. The van der Waals surface area contributed by atoms with Crippen molar-refractivity contribution in [2.75, 3.05) is 61.8 Å². The Bertz CT molecular complexity index is 1190. The molecule has 0 aliphatic rings. The maximum absolute atomic E-state index is 11.4. The highest BCUT2D eigenvalue weighted by atomic mass is 16.6. The van der Waals surface area contributed by atoms with Crippen LogP contribution in [0, 0.1) is 30.3 Å². The summed E-state index contributed by atoms with van der Waals surface area (Å²) in [6.45, 7) is 7.13. The van der Waals surface area contributed by atoms with Gasteiger partial charge in [0.15, 0.2) is 0 Å². The summed E-state index contributed by atoms with van der Waals surface area (Å²) in [6.07, 6.45) is 2.32. The van der Waals surface area contributed by atoms with Crippen LogP contribution in [-0.4, -0.2) is 65.1 Å². The zero-order chi connectivity index (χ0) is 30.4. The summed E-state index contributed by atoms with van der Waals surface area (Å²) < 4.78 is 0.774. The van der Waals surface area contributed by atoms with E-state index in [1.807, 2.05) is 0 Å². The maximum atomic E-state index is 11.4. The van der Waals surface area contributed by atoms with Crippen LogP contribution in [0.25, 0.3) is 0 Å². The fraction of sp³-hybridized carbons (Fsp3) is 0.379. The molecule has 13 nitrogen and oxygen atoms in total. The number of quaternary nitrogens is 1. The average molecular weight is 581 g/mol. The van der Waals surface area contributed by atoms with Crippen molar-refractivity contribution in [2.24, 2.45) is 0 Å². The van der Waals surface area contributed by atoms with Crippen LogP contribution >= 0.6 is 0 Å². The van der Waals surface area contributed by atoms with Gasteiger partial charge in [0.25, 0.3) is 17.1 Å². The van der Waals surface area contributed by atoms with E-state index in [0.717, 1.165) is 49.9 Å². The number of para-hydroxylation sites is 6. The van der Waals surface area contributed by atoms with Gasteiger partial charge in [-0.05, 0) is 25.1 Å². The summed E-state index contributed by atoms with van der Waals surface area (Å²) >= 11 is 0. The molecular weight excluding hydrogens is 542 g/mol. The first kappa shape index (κ1) is 31.7. The van der Waals surface area contributed by atoms with E-state index in [1.165, 1.54) is 18.2 Å². The lowest BCUT2D eigenvalue weighted by molar-refractivity contribution is -0.926. The first-order chi connectivity index (χ1) is 20.3. The number of rotatable bonds is 19. The summed E-state index contributed by atoms with van der Waals surface area (Å²) in [5.74, 6) is 0. The molecule has 0 aliphatic heterocycles. The SMILES string of the molecule is CC[N+](CCCNc1ccccc1[N+](=O)[O-])(CCCNc1ccccc1[N+](=O)[O-])CCCNc1ccccc1[N+](=O)[O-]. The largest absolute Gasteiger partial charge is 0.379 e. The molecule has 3 aromatic rings. The highest BCUT2D eigenvalue weighted by molar-refractivity contribution is 5.62. The Hall–Kier alpha value is -4.78. The predicted molar refractivity (Wildman–Crippen MR) is 164 cm³/mol. The van der Waals surface area contributed by atoms with E-state index >= 15 is 0 Å². The number of hydrogen-bond acceptors (Lipinski definition) is 9. The van der Waals surface area contributed by atoms with Crippen LogP contribution in [0.2, 0.25) is 0 Å². The third kappa shape index (κ3) is 9.13. The molecule has 0 unspecified atom stereocenters. The van der Waals surface area contributed by atoms with E-state index in [1.54, 1.807) is 54.6 Å². The van der Waals surface area contributed by atoms with E-state index in [4.69, 9.17) is 0 Å². The summed E-state index contributed by atoms with van der Waals surface area (Å²) in [7, 11) is 0. The van der Waals surface area contributed by atoms with Gasteiger partial charge in [-0.1, -0.05) is 36.4 Å². The van der Waals surface area contributed by atoms with E-state index in [9.17, 15) is 30.3 Å². The third-order valence-corrected chi connectivity index (χ3v) is 7.35. The molecule has 0 atom stereocenters. The Morgan fingerprint density at radius 2 is 0.833 bits per heavy atom. The molecule has 42 heavy (non-hydrogen) atoms. The zero-order valence-electron chi connectivity index (χ0n) is 23.7. The minimum absolute atomic E-state index is 0.0379. The normalized spacial score (nSPS) is 11.1. The lowest BCUT2D eigenvalue weighted by Crippen LogP contribution is -2.51. The van der Waals surface area contributed by atoms with Gasteiger partial charge in [0.2, 0.25) is 0 Å².